The summed E-state index contributed by atoms with van der Waals surface area (Å²) >= 11 is 0. The molecule has 5 rings (SSSR count). The van der Waals surface area contributed by atoms with Crippen molar-refractivity contribution in [2.75, 3.05) is 13.1 Å². The van der Waals surface area contributed by atoms with Crippen molar-refractivity contribution in [2.45, 2.75) is 75.9 Å². The van der Waals surface area contributed by atoms with Crippen LogP contribution in [0.3, 0.4) is 0 Å². The zero-order chi connectivity index (χ0) is 13.3. The monoisotopic (exact) mass is 274 g/mol. The largest absolute Gasteiger partial charge is 0.308 e. The topological polar surface area (TPSA) is 15.3 Å². The lowest BCUT2D eigenvalue weighted by Gasteiger charge is -2.47. The predicted octanol–water partition coefficient (Wildman–Crippen LogP) is 3.03. The van der Waals surface area contributed by atoms with Crippen LogP contribution in [0.4, 0.5) is 0 Å². The average molecular weight is 274 g/mol. The van der Waals surface area contributed by atoms with Crippen LogP contribution in [0.2, 0.25) is 0 Å². The van der Waals surface area contributed by atoms with Crippen LogP contribution in [0.15, 0.2) is 0 Å². The van der Waals surface area contributed by atoms with Gasteiger partial charge in [-0.15, -0.1) is 0 Å². The summed E-state index contributed by atoms with van der Waals surface area (Å²) in [7, 11) is 0. The molecule has 20 heavy (non-hydrogen) atoms. The number of rotatable bonds is 2. The molecule has 4 saturated carbocycles. The highest BCUT2D eigenvalue weighted by Gasteiger charge is 2.67. The molecule has 1 spiro atoms. The van der Waals surface area contributed by atoms with Gasteiger partial charge in [0.25, 0.3) is 0 Å². The molecule has 5 atom stereocenters. The van der Waals surface area contributed by atoms with Gasteiger partial charge in [-0.25, -0.2) is 0 Å². The van der Waals surface area contributed by atoms with E-state index in [9.17, 15) is 0 Å². The zero-order valence-electron chi connectivity index (χ0n) is 13.0. The van der Waals surface area contributed by atoms with Crippen LogP contribution < -0.4 is 5.32 Å². The van der Waals surface area contributed by atoms with Crippen molar-refractivity contribution < 1.29 is 0 Å². The normalized spacial score (nSPS) is 52.6. The molecule has 0 radical (unpaired) electrons. The Balaban J connectivity index is 1.38. The lowest BCUT2D eigenvalue weighted by Crippen LogP contribution is -2.64. The van der Waals surface area contributed by atoms with Crippen LogP contribution in [0.25, 0.3) is 0 Å². The van der Waals surface area contributed by atoms with Crippen LogP contribution in [0, 0.1) is 23.7 Å². The highest BCUT2D eigenvalue weighted by molar-refractivity contribution is 5.19. The van der Waals surface area contributed by atoms with Gasteiger partial charge in [0.15, 0.2) is 0 Å². The van der Waals surface area contributed by atoms with Crippen molar-refractivity contribution in [1.82, 2.24) is 10.2 Å². The Labute approximate surface area is 123 Å². The fraction of sp³-hybridized carbons (Fsp3) is 1.00. The minimum Gasteiger partial charge on any atom is -0.308 e. The van der Waals surface area contributed by atoms with Gasteiger partial charge in [-0.05, 0) is 62.2 Å². The Kier molecular flexibility index (Phi) is 2.63. The molecule has 1 aliphatic heterocycles. The van der Waals surface area contributed by atoms with E-state index in [4.69, 9.17) is 0 Å². The summed E-state index contributed by atoms with van der Waals surface area (Å²) in [6.07, 6.45) is 11.9. The summed E-state index contributed by atoms with van der Waals surface area (Å²) in [5.74, 6) is 4.50. The molecule has 0 aromatic rings. The van der Waals surface area contributed by atoms with Gasteiger partial charge in [0.1, 0.15) is 0 Å². The SMILES string of the molecule is CCC1CNC2(CCCC2)CN1C1C2C3CCC(C3)C21. The molecule has 0 aromatic heterocycles. The maximum atomic E-state index is 3.97. The van der Waals surface area contributed by atoms with E-state index in [0.29, 0.717) is 5.54 Å². The molecule has 0 aromatic carbocycles. The summed E-state index contributed by atoms with van der Waals surface area (Å²) in [6, 6.07) is 1.84. The molecule has 1 saturated heterocycles. The lowest BCUT2D eigenvalue weighted by atomic mass is 9.90. The summed E-state index contributed by atoms with van der Waals surface area (Å²) < 4.78 is 0. The number of fused-ring (bicyclic) bond motifs is 5. The zero-order valence-corrected chi connectivity index (χ0v) is 13.0. The Morgan fingerprint density at radius 1 is 1.10 bits per heavy atom. The van der Waals surface area contributed by atoms with E-state index in [1.54, 1.807) is 19.3 Å². The quantitative estimate of drug-likeness (QED) is 0.832. The minimum absolute atomic E-state index is 0.515. The van der Waals surface area contributed by atoms with Gasteiger partial charge in [0.05, 0.1) is 0 Å². The highest BCUT2D eigenvalue weighted by atomic mass is 15.3. The smallest absolute Gasteiger partial charge is 0.0309 e. The first kappa shape index (κ1) is 12.5. The van der Waals surface area contributed by atoms with Gasteiger partial charge in [0.2, 0.25) is 0 Å². The van der Waals surface area contributed by atoms with Crippen LogP contribution in [0.5, 0.6) is 0 Å². The van der Waals surface area contributed by atoms with Crippen molar-refractivity contribution in [2.24, 2.45) is 23.7 Å². The van der Waals surface area contributed by atoms with Gasteiger partial charge in [-0.1, -0.05) is 19.8 Å². The van der Waals surface area contributed by atoms with Gasteiger partial charge in [-0.2, -0.15) is 0 Å². The maximum Gasteiger partial charge on any atom is 0.0309 e. The van der Waals surface area contributed by atoms with Crippen molar-refractivity contribution in [3.05, 3.63) is 0 Å². The van der Waals surface area contributed by atoms with Crippen LogP contribution in [-0.2, 0) is 0 Å². The number of piperazine rings is 1. The highest BCUT2D eigenvalue weighted by Crippen LogP contribution is 2.67. The molecule has 5 aliphatic rings. The summed E-state index contributed by atoms with van der Waals surface area (Å²) in [6.45, 7) is 5.04. The number of nitrogens with one attached hydrogen (secondary N) is 1. The Morgan fingerprint density at radius 2 is 1.80 bits per heavy atom. The van der Waals surface area contributed by atoms with E-state index in [1.807, 2.05) is 0 Å². The Bertz CT molecular complexity index is 384. The molecule has 5 fully saturated rings. The first-order valence-electron chi connectivity index (χ1n) is 9.32. The first-order chi connectivity index (χ1) is 9.81. The van der Waals surface area contributed by atoms with E-state index in [0.717, 1.165) is 35.8 Å². The van der Waals surface area contributed by atoms with Crippen LogP contribution >= 0.6 is 0 Å². The van der Waals surface area contributed by atoms with Gasteiger partial charge >= 0.3 is 0 Å². The second-order valence-corrected chi connectivity index (χ2v) is 8.58. The van der Waals surface area contributed by atoms with Gasteiger partial charge in [0, 0.05) is 30.7 Å². The molecule has 2 nitrogen and oxygen atoms in total. The number of nitrogens with zero attached hydrogens (tertiary/aromatic N) is 1. The molecule has 0 amide bonds. The standard InChI is InChI=1S/C18H30N2/c1-2-14-10-19-18(7-3-4-8-18)11-20(14)17-15-12-5-6-13(9-12)16(15)17/h12-17,19H,2-11H2,1H3. The molecular weight excluding hydrogens is 244 g/mol. The molecular formula is C18H30N2. The summed E-state index contributed by atoms with van der Waals surface area (Å²) in [4.78, 5) is 3.02. The fourth-order valence-corrected chi connectivity index (χ4v) is 6.82. The number of hydrogen-bond donors (Lipinski definition) is 1. The lowest BCUT2D eigenvalue weighted by molar-refractivity contribution is 0.0567. The summed E-state index contributed by atoms with van der Waals surface area (Å²) in [5.41, 5.74) is 0.515. The third kappa shape index (κ3) is 1.58. The van der Waals surface area contributed by atoms with Crippen LogP contribution in [0.1, 0.15) is 58.3 Å². The Hall–Kier alpha value is -0.0800. The maximum absolute atomic E-state index is 3.97. The van der Waals surface area contributed by atoms with Gasteiger partial charge in [-0.3, -0.25) is 4.90 Å². The molecule has 1 N–H and O–H groups in total. The van der Waals surface area contributed by atoms with Crippen molar-refractivity contribution in [3.63, 3.8) is 0 Å². The minimum atomic E-state index is 0.515. The van der Waals surface area contributed by atoms with E-state index in [2.05, 4.69) is 17.1 Å². The fourth-order valence-electron chi connectivity index (χ4n) is 6.82. The second-order valence-electron chi connectivity index (χ2n) is 8.58. The third-order valence-corrected chi connectivity index (χ3v) is 7.78. The predicted molar refractivity (Wildman–Crippen MR) is 81.6 cm³/mol. The van der Waals surface area contributed by atoms with Crippen molar-refractivity contribution in [3.8, 4) is 0 Å². The van der Waals surface area contributed by atoms with Crippen molar-refractivity contribution in [1.29, 1.82) is 0 Å². The molecule has 1 heterocycles. The van der Waals surface area contributed by atoms with E-state index >= 15 is 0 Å². The van der Waals surface area contributed by atoms with Gasteiger partial charge < -0.3 is 5.32 Å². The summed E-state index contributed by atoms with van der Waals surface area (Å²) in [5, 5.41) is 3.97. The number of hydrogen-bond acceptors (Lipinski definition) is 2. The van der Waals surface area contributed by atoms with E-state index < -0.39 is 0 Å². The Morgan fingerprint density at radius 3 is 2.45 bits per heavy atom. The average Bonchev–Trinajstić information content (AvgIpc) is 2.85. The molecule has 5 unspecified atom stereocenters. The van der Waals surface area contributed by atoms with Crippen LogP contribution in [-0.4, -0.2) is 35.6 Å². The van der Waals surface area contributed by atoms with Crippen molar-refractivity contribution >= 4 is 0 Å². The van der Waals surface area contributed by atoms with E-state index in [1.165, 1.54) is 45.2 Å². The molecule has 112 valence electrons. The third-order valence-electron chi connectivity index (χ3n) is 7.78. The molecule has 2 bridgehead atoms. The first-order valence-corrected chi connectivity index (χ1v) is 9.32. The molecule has 4 aliphatic carbocycles. The van der Waals surface area contributed by atoms with E-state index in [-0.39, 0.29) is 0 Å². The second kappa shape index (κ2) is 4.23. The molecule has 2 heteroatoms.